The highest BCUT2D eigenvalue weighted by Gasteiger charge is 2.35. The number of anilines is 2. The van der Waals surface area contributed by atoms with E-state index in [1.54, 1.807) is 0 Å². The first-order valence-electron chi connectivity index (χ1n) is 9.40. The Morgan fingerprint density at radius 2 is 2.03 bits per heavy atom. The van der Waals surface area contributed by atoms with Crippen LogP contribution in [-0.2, 0) is 11.0 Å². The van der Waals surface area contributed by atoms with Crippen LogP contribution in [0.4, 0.5) is 24.7 Å². The van der Waals surface area contributed by atoms with E-state index in [0.717, 1.165) is 23.4 Å². The van der Waals surface area contributed by atoms with Gasteiger partial charge in [-0.25, -0.2) is 9.97 Å². The Balaban J connectivity index is 2.04. The summed E-state index contributed by atoms with van der Waals surface area (Å²) in [6, 6.07) is 3.29. The molecule has 0 unspecified atom stereocenters. The fourth-order valence-electron chi connectivity index (χ4n) is 3.11. The van der Waals surface area contributed by atoms with E-state index in [-0.39, 0.29) is 48.1 Å². The van der Waals surface area contributed by atoms with Crippen molar-refractivity contribution >= 4 is 23.4 Å². The van der Waals surface area contributed by atoms with Crippen LogP contribution in [0, 0.1) is 17.3 Å². The van der Waals surface area contributed by atoms with Crippen molar-refractivity contribution in [1.29, 1.82) is 0 Å². The van der Waals surface area contributed by atoms with Crippen LogP contribution in [0.1, 0.15) is 41.8 Å². The summed E-state index contributed by atoms with van der Waals surface area (Å²) in [5.41, 5.74) is 3.18. The number of nitrogens with two attached hydrogens (primary N) is 1. The summed E-state index contributed by atoms with van der Waals surface area (Å²) in [6.07, 6.45) is -3.97. The molecule has 3 N–H and O–H groups in total. The van der Waals surface area contributed by atoms with Gasteiger partial charge in [0.1, 0.15) is 24.3 Å². The Morgan fingerprint density at radius 1 is 1.31 bits per heavy atom. The Morgan fingerprint density at radius 3 is 2.69 bits per heavy atom. The molecule has 0 saturated heterocycles. The predicted octanol–water partition coefficient (Wildman–Crippen LogP) is 2.97. The third kappa shape index (κ3) is 4.91. The van der Waals surface area contributed by atoms with Gasteiger partial charge in [-0.2, -0.15) is 13.2 Å². The molecule has 0 spiro atoms. The lowest BCUT2D eigenvalue weighted by Crippen LogP contribution is -2.33. The molecule has 2 heterocycles. The van der Waals surface area contributed by atoms with Crippen LogP contribution in [0.5, 0.6) is 5.88 Å². The van der Waals surface area contributed by atoms with Crippen LogP contribution in [-0.4, -0.2) is 40.1 Å². The number of nitrogens with zero attached hydrogens (tertiary/aromatic N) is 3. The van der Waals surface area contributed by atoms with Crippen molar-refractivity contribution < 1.29 is 32.6 Å². The molecular formula is C21H19F3N4O4. The third-order valence-electron chi connectivity index (χ3n) is 4.60. The fraction of sp³-hybridized carbons (Fsp3) is 0.333. The number of hydrogen-bond acceptors (Lipinski definition) is 6. The topological polar surface area (TPSA) is 119 Å². The number of ether oxygens (including phenoxy) is 1. The smallest absolute Gasteiger partial charge is 0.417 e. The van der Waals surface area contributed by atoms with Crippen molar-refractivity contribution in [2.75, 3.05) is 23.8 Å². The Kier molecular flexibility index (Phi) is 5.98. The summed E-state index contributed by atoms with van der Waals surface area (Å²) >= 11 is 0. The molecule has 0 radical (unpaired) electrons. The van der Waals surface area contributed by atoms with Gasteiger partial charge >= 0.3 is 12.1 Å². The van der Waals surface area contributed by atoms with Gasteiger partial charge in [-0.1, -0.05) is 11.8 Å². The number of carbonyl (C=O) groups excluding carboxylic acids is 1. The normalized spacial score (nSPS) is 14.0. The Hall–Kier alpha value is -3.81. The van der Waals surface area contributed by atoms with Crippen molar-refractivity contribution in [3.05, 3.63) is 41.2 Å². The molecule has 0 saturated carbocycles. The highest BCUT2D eigenvalue weighted by atomic mass is 19.4. The summed E-state index contributed by atoms with van der Waals surface area (Å²) in [7, 11) is 0. The lowest BCUT2D eigenvalue weighted by molar-refractivity contribution is -0.139. The lowest BCUT2D eigenvalue weighted by Gasteiger charge is -2.22. The monoisotopic (exact) mass is 448 g/mol. The number of aliphatic carboxylic acids is 1. The molecule has 0 aliphatic carbocycles. The van der Waals surface area contributed by atoms with Gasteiger partial charge in [0.05, 0.1) is 18.5 Å². The molecule has 2 aromatic rings. The average molecular weight is 448 g/mol. The largest absolute Gasteiger partial charge is 0.481 e. The van der Waals surface area contributed by atoms with E-state index in [1.807, 2.05) is 0 Å². The minimum Gasteiger partial charge on any atom is -0.481 e. The van der Waals surface area contributed by atoms with Gasteiger partial charge < -0.3 is 20.5 Å². The average Bonchev–Trinajstić information content (AvgIpc) is 2.84. The lowest BCUT2D eigenvalue weighted by atomic mass is 9.89. The summed E-state index contributed by atoms with van der Waals surface area (Å²) in [6.45, 7) is 3.00. The van der Waals surface area contributed by atoms with Gasteiger partial charge in [0, 0.05) is 16.7 Å². The summed E-state index contributed by atoms with van der Waals surface area (Å²) < 4.78 is 46.7. The molecule has 0 bridgehead atoms. The number of amides is 1. The van der Waals surface area contributed by atoms with Crippen LogP contribution in [0.15, 0.2) is 24.5 Å². The van der Waals surface area contributed by atoms with Crippen LogP contribution >= 0.6 is 0 Å². The number of halogens is 3. The van der Waals surface area contributed by atoms with Crippen molar-refractivity contribution in [2.45, 2.75) is 26.4 Å². The second-order valence-corrected chi connectivity index (χ2v) is 7.68. The number of carboxylic acids is 1. The molecular weight excluding hydrogens is 429 g/mol. The summed E-state index contributed by atoms with van der Waals surface area (Å²) in [5.74, 6) is 3.05. The molecule has 3 rings (SSSR count). The van der Waals surface area contributed by atoms with Crippen LogP contribution in [0.25, 0.3) is 0 Å². The van der Waals surface area contributed by atoms with Crippen LogP contribution < -0.4 is 15.4 Å². The first-order valence-corrected chi connectivity index (χ1v) is 9.40. The SMILES string of the molecule is CC(C)(C#Cc1ccc(N2CCOc3ncnc(N)c3C2=O)cc1C(F)(F)F)CC(=O)O. The number of rotatable bonds is 3. The van der Waals surface area contributed by atoms with Gasteiger partial charge in [0.15, 0.2) is 0 Å². The fourth-order valence-corrected chi connectivity index (χ4v) is 3.11. The standard InChI is InChI=1S/C21H19F3N4O4/c1-20(2,10-15(29)30)6-5-12-3-4-13(9-14(12)21(22,23)24)28-7-8-32-18-16(19(28)31)17(25)26-11-27-18/h3-4,9,11H,7-8,10H2,1-2H3,(H,29,30)(H2,25,26,27). The van der Waals surface area contributed by atoms with E-state index in [4.69, 9.17) is 15.6 Å². The van der Waals surface area contributed by atoms with E-state index in [0.29, 0.717) is 0 Å². The number of aromatic nitrogens is 2. The molecule has 0 fully saturated rings. The van der Waals surface area contributed by atoms with Gasteiger partial charge in [-0.3, -0.25) is 9.59 Å². The quantitative estimate of drug-likeness (QED) is 0.693. The van der Waals surface area contributed by atoms with E-state index in [9.17, 15) is 22.8 Å². The number of benzene rings is 1. The zero-order valence-electron chi connectivity index (χ0n) is 17.2. The molecule has 11 heteroatoms. The molecule has 1 aromatic heterocycles. The predicted molar refractivity (Wildman–Crippen MR) is 108 cm³/mol. The zero-order chi connectivity index (χ0) is 23.7. The van der Waals surface area contributed by atoms with Crippen molar-refractivity contribution in [1.82, 2.24) is 9.97 Å². The minimum absolute atomic E-state index is 0.0124. The number of carbonyl (C=O) groups is 2. The van der Waals surface area contributed by atoms with E-state index >= 15 is 0 Å². The number of nitrogen functional groups attached to an aromatic ring is 1. The Bertz CT molecular complexity index is 1140. The molecule has 8 nitrogen and oxygen atoms in total. The van der Waals surface area contributed by atoms with E-state index in [1.165, 1.54) is 19.9 Å². The Labute approximate surface area is 181 Å². The maximum Gasteiger partial charge on any atom is 0.417 e. The van der Waals surface area contributed by atoms with E-state index < -0.39 is 29.0 Å². The number of fused-ring (bicyclic) bond motifs is 1. The van der Waals surface area contributed by atoms with Crippen molar-refractivity contribution in [2.24, 2.45) is 5.41 Å². The minimum atomic E-state index is -4.76. The number of hydrogen-bond donors (Lipinski definition) is 2. The molecule has 0 atom stereocenters. The number of alkyl halides is 3. The maximum absolute atomic E-state index is 13.8. The van der Waals surface area contributed by atoms with Gasteiger partial charge in [0.2, 0.25) is 5.88 Å². The molecule has 1 aromatic carbocycles. The third-order valence-corrected chi connectivity index (χ3v) is 4.60. The van der Waals surface area contributed by atoms with Crippen molar-refractivity contribution in [3.8, 4) is 17.7 Å². The highest BCUT2D eigenvalue weighted by molar-refractivity contribution is 6.10. The van der Waals surface area contributed by atoms with Gasteiger partial charge in [0.25, 0.3) is 5.91 Å². The van der Waals surface area contributed by atoms with Crippen LogP contribution in [0.3, 0.4) is 0 Å². The molecule has 168 valence electrons. The van der Waals surface area contributed by atoms with Crippen LogP contribution in [0.2, 0.25) is 0 Å². The van der Waals surface area contributed by atoms with Gasteiger partial charge in [-0.15, -0.1) is 0 Å². The molecule has 1 amide bonds. The highest BCUT2D eigenvalue weighted by Crippen LogP contribution is 2.36. The summed E-state index contributed by atoms with van der Waals surface area (Å²) in [5, 5.41) is 8.93. The second-order valence-electron chi connectivity index (χ2n) is 7.68. The summed E-state index contributed by atoms with van der Waals surface area (Å²) in [4.78, 5) is 32.6. The van der Waals surface area contributed by atoms with E-state index in [2.05, 4.69) is 21.8 Å². The zero-order valence-corrected chi connectivity index (χ0v) is 17.2. The number of carboxylic acid groups (broad SMARTS) is 1. The first-order chi connectivity index (χ1) is 14.9. The van der Waals surface area contributed by atoms with Gasteiger partial charge in [-0.05, 0) is 32.0 Å². The maximum atomic E-state index is 13.8. The first kappa shape index (κ1) is 22.9. The molecule has 1 aliphatic heterocycles. The second kappa shape index (κ2) is 8.37. The molecule has 1 aliphatic rings. The molecule has 32 heavy (non-hydrogen) atoms. The van der Waals surface area contributed by atoms with Crippen molar-refractivity contribution in [3.63, 3.8) is 0 Å².